The zero-order chi connectivity index (χ0) is 20.4. The molecule has 0 saturated carbocycles. The monoisotopic (exact) mass is 388 g/mol. The van der Waals surface area contributed by atoms with Gasteiger partial charge in [0.05, 0.1) is 18.0 Å². The van der Waals surface area contributed by atoms with Gasteiger partial charge in [0, 0.05) is 0 Å². The normalized spacial score (nSPS) is 13.7. The number of aryl methyl sites for hydroxylation is 3. The Morgan fingerprint density at radius 1 is 1.00 bits per heavy atom. The van der Waals surface area contributed by atoms with E-state index >= 15 is 0 Å². The van der Waals surface area contributed by atoms with Crippen LogP contribution < -0.4 is 9.62 Å². The Bertz CT molecular complexity index is 938. The van der Waals surface area contributed by atoms with Crippen molar-refractivity contribution < 1.29 is 13.2 Å². The van der Waals surface area contributed by atoms with Gasteiger partial charge in [-0.1, -0.05) is 35.9 Å². The highest BCUT2D eigenvalue weighted by Gasteiger charge is 2.30. The number of hydrogen-bond acceptors (Lipinski definition) is 3. The number of carbonyl (C=O) groups excluding carboxylic acids is 1. The number of sulfonamides is 1. The summed E-state index contributed by atoms with van der Waals surface area (Å²) in [7, 11) is -3.62. The van der Waals surface area contributed by atoms with Gasteiger partial charge in [-0.2, -0.15) is 0 Å². The number of nitrogens with zero attached hydrogens (tertiary/aromatic N) is 1. The van der Waals surface area contributed by atoms with E-state index in [9.17, 15) is 13.2 Å². The van der Waals surface area contributed by atoms with E-state index in [1.807, 2.05) is 45.9 Å². The van der Waals surface area contributed by atoms with Crippen LogP contribution in [0.4, 0.5) is 5.69 Å². The van der Waals surface area contributed by atoms with E-state index in [2.05, 4.69) is 11.4 Å². The zero-order valence-electron chi connectivity index (χ0n) is 16.8. The molecular weight excluding hydrogens is 360 g/mol. The van der Waals surface area contributed by atoms with Crippen molar-refractivity contribution >= 4 is 21.6 Å². The van der Waals surface area contributed by atoms with E-state index in [0.29, 0.717) is 5.69 Å². The second kappa shape index (κ2) is 8.13. The van der Waals surface area contributed by atoms with Crippen molar-refractivity contribution in [2.75, 3.05) is 10.6 Å². The summed E-state index contributed by atoms with van der Waals surface area (Å²) in [4.78, 5) is 12.8. The molecule has 2 aromatic carbocycles. The van der Waals surface area contributed by atoms with Gasteiger partial charge >= 0.3 is 0 Å². The molecule has 0 unspecified atom stereocenters. The fourth-order valence-electron chi connectivity index (χ4n) is 3.30. The highest BCUT2D eigenvalue weighted by Crippen LogP contribution is 2.23. The average Bonchev–Trinajstić information content (AvgIpc) is 2.53. The molecule has 1 N–H and O–H groups in total. The second-order valence-corrected chi connectivity index (χ2v) is 9.02. The molecule has 2 atom stereocenters. The smallest absolute Gasteiger partial charge is 0.244 e. The predicted octanol–water partition coefficient (Wildman–Crippen LogP) is 3.64. The summed E-state index contributed by atoms with van der Waals surface area (Å²) in [6.45, 7) is 9.42. The molecule has 146 valence electrons. The summed E-state index contributed by atoms with van der Waals surface area (Å²) in [6.07, 6.45) is 1.12. The maximum Gasteiger partial charge on any atom is 0.244 e. The standard InChI is InChI=1S/C21H28N2O3S/c1-14-8-7-9-19(13-14)23(27(6,25)26)18(5)21(24)22-17(4)20-11-10-15(2)12-16(20)3/h7-13,17-18H,1-6H3,(H,22,24)/t17-,18+/m1/s1. The Morgan fingerprint density at radius 3 is 2.19 bits per heavy atom. The molecule has 0 fully saturated rings. The fourth-order valence-corrected chi connectivity index (χ4v) is 4.46. The number of carbonyl (C=O) groups is 1. The lowest BCUT2D eigenvalue weighted by atomic mass is 10.00. The Labute approximate surface area is 162 Å². The van der Waals surface area contributed by atoms with Crippen LogP contribution in [0.5, 0.6) is 0 Å². The van der Waals surface area contributed by atoms with Gasteiger partial charge in [0.25, 0.3) is 0 Å². The quantitative estimate of drug-likeness (QED) is 0.821. The maximum atomic E-state index is 12.8. The summed E-state index contributed by atoms with van der Waals surface area (Å²) in [5.41, 5.74) is 4.68. The molecule has 0 heterocycles. The van der Waals surface area contributed by atoms with E-state index in [4.69, 9.17) is 0 Å². The number of benzene rings is 2. The molecule has 0 aliphatic carbocycles. The lowest BCUT2D eigenvalue weighted by Gasteiger charge is -2.29. The fraction of sp³-hybridized carbons (Fsp3) is 0.381. The van der Waals surface area contributed by atoms with E-state index < -0.39 is 16.1 Å². The van der Waals surface area contributed by atoms with Crippen LogP contribution in [0.15, 0.2) is 42.5 Å². The van der Waals surface area contributed by atoms with Crippen LogP contribution in [0.25, 0.3) is 0 Å². The summed E-state index contributed by atoms with van der Waals surface area (Å²) in [5.74, 6) is -0.339. The SMILES string of the molecule is Cc1cccc(N([C@@H](C)C(=O)N[C@H](C)c2ccc(C)cc2C)S(C)(=O)=O)c1. The largest absolute Gasteiger partial charge is 0.348 e. The number of anilines is 1. The lowest BCUT2D eigenvalue weighted by Crippen LogP contribution is -2.48. The summed E-state index contributed by atoms with van der Waals surface area (Å²) < 4.78 is 25.9. The van der Waals surface area contributed by atoms with Gasteiger partial charge in [0.1, 0.15) is 6.04 Å². The van der Waals surface area contributed by atoms with Crippen molar-refractivity contribution in [2.45, 2.75) is 46.7 Å². The Kier molecular flexibility index (Phi) is 6.31. The summed E-state index contributed by atoms with van der Waals surface area (Å²) in [5, 5.41) is 2.95. The third kappa shape index (κ3) is 5.10. The summed E-state index contributed by atoms with van der Waals surface area (Å²) >= 11 is 0. The molecule has 27 heavy (non-hydrogen) atoms. The average molecular weight is 389 g/mol. The third-order valence-electron chi connectivity index (χ3n) is 4.60. The second-order valence-electron chi connectivity index (χ2n) is 7.16. The minimum Gasteiger partial charge on any atom is -0.348 e. The van der Waals surface area contributed by atoms with Crippen molar-refractivity contribution in [3.05, 3.63) is 64.7 Å². The van der Waals surface area contributed by atoms with Crippen LogP contribution in [0.3, 0.4) is 0 Å². The van der Waals surface area contributed by atoms with E-state index in [-0.39, 0.29) is 11.9 Å². The lowest BCUT2D eigenvalue weighted by molar-refractivity contribution is -0.122. The first-order valence-corrected chi connectivity index (χ1v) is 10.8. The van der Waals surface area contributed by atoms with Crippen LogP contribution in [0.1, 0.15) is 42.1 Å². The van der Waals surface area contributed by atoms with E-state index in [1.165, 1.54) is 4.31 Å². The van der Waals surface area contributed by atoms with Gasteiger partial charge in [-0.25, -0.2) is 8.42 Å². The first kappa shape index (κ1) is 21.0. The van der Waals surface area contributed by atoms with Crippen LogP contribution in [0, 0.1) is 20.8 Å². The van der Waals surface area contributed by atoms with Crippen LogP contribution in [-0.2, 0) is 14.8 Å². The zero-order valence-corrected chi connectivity index (χ0v) is 17.6. The van der Waals surface area contributed by atoms with Gasteiger partial charge < -0.3 is 5.32 Å². The molecule has 6 heteroatoms. The van der Waals surface area contributed by atoms with Gasteiger partial charge in [0.15, 0.2) is 0 Å². The minimum atomic E-state index is -3.62. The Hall–Kier alpha value is -2.34. The number of nitrogens with one attached hydrogen (secondary N) is 1. The molecule has 0 radical (unpaired) electrons. The highest BCUT2D eigenvalue weighted by molar-refractivity contribution is 7.92. The molecule has 0 aliphatic rings. The van der Waals surface area contributed by atoms with Gasteiger partial charge in [-0.3, -0.25) is 9.10 Å². The third-order valence-corrected chi connectivity index (χ3v) is 5.84. The van der Waals surface area contributed by atoms with E-state index in [1.54, 1.807) is 25.1 Å². The molecule has 0 bridgehead atoms. The van der Waals surface area contributed by atoms with Crippen LogP contribution in [0.2, 0.25) is 0 Å². The number of rotatable bonds is 6. The van der Waals surface area contributed by atoms with Crippen molar-refractivity contribution in [3.8, 4) is 0 Å². The van der Waals surface area contributed by atoms with Gasteiger partial charge in [-0.05, 0) is 63.4 Å². The maximum absolute atomic E-state index is 12.8. The van der Waals surface area contributed by atoms with Crippen molar-refractivity contribution in [1.82, 2.24) is 5.32 Å². The Morgan fingerprint density at radius 2 is 1.63 bits per heavy atom. The molecule has 5 nitrogen and oxygen atoms in total. The van der Waals surface area contributed by atoms with Crippen LogP contribution >= 0.6 is 0 Å². The van der Waals surface area contributed by atoms with Gasteiger partial charge in [0.2, 0.25) is 15.9 Å². The number of amides is 1. The molecular formula is C21H28N2O3S. The first-order chi connectivity index (χ1) is 12.5. The molecule has 0 spiro atoms. The molecule has 0 aliphatic heterocycles. The predicted molar refractivity (Wildman–Crippen MR) is 110 cm³/mol. The van der Waals surface area contributed by atoms with E-state index in [0.717, 1.165) is 28.5 Å². The molecule has 2 aromatic rings. The van der Waals surface area contributed by atoms with Crippen molar-refractivity contribution in [2.24, 2.45) is 0 Å². The first-order valence-electron chi connectivity index (χ1n) is 8.94. The minimum absolute atomic E-state index is 0.223. The number of hydrogen-bond donors (Lipinski definition) is 1. The topological polar surface area (TPSA) is 66.5 Å². The summed E-state index contributed by atoms with van der Waals surface area (Å²) in [6, 6.07) is 12.1. The molecule has 1 amide bonds. The molecule has 0 aromatic heterocycles. The van der Waals surface area contributed by atoms with Gasteiger partial charge in [-0.15, -0.1) is 0 Å². The Balaban J connectivity index is 2.27. The van der Waals surface area contributed by atoms with Crippen molar-refractivity contribution in [3.63, 3.8) is 0 Å². The molecule has 2 rings (SSSR count). The molecule has 0 saturated heterocycles. The van der Waals surface area contributed by atoms with Crippen LogP contribution in [-0.4, -0.2) is 26.6 Å². The highest BCUT2D eigenvalue weighted by atomic mass is 32.2. The van der Waals surface area contributed by atoms with Crippen molar-refractivity contribution in [1.29, 1.82) is 0 Å².